The van der Waals surface area contributed by atoms with Gasteiger partial charge in [-0.3, -0.25) is 0 Å². The van der Waals surface area contributed by atoms with E-state index in [2.05, 4.69) is 30.6 Å². The van der Waals surface area contributed by atoms with Crippen molar-refractivity contribution < 1.29 is 19.0 Å². The van der Waals surface area contributed by atoms with Crippen molar-refractivity contribution in [1.29, 1.82) is 0 Å². The summed E-state index contributed by atoms with van der Waals surface area (Å²) in [6, 6.07) is 13.7. The third-order valence-electron chi connectivity index (χ3n) is 5.24. The molecule has 184 valence electrons. The van der Waals surface area contributed by atoms with Crippen molar-refractivity contribution in [2.45, 2.75) is 20.3 Å². The van der Waals surface area contributed by atoms with Crippen LogP contribution >= 0.6 is 0 Å². The molecule has 2 N–H and O–H groups in total. The molecule has 0 aliphatic carbocycles. The van der Waals surface area contributed by atoms with E-state index in [1.165, 1.54) is 13.4 Å². The third kappa shape index (κ3) is 5.66. The Balaban J connectivity index is 1.49. The Morgan fingerprint density at radius 1 is 0.944 bits per heavy atom. The Labute approximate surface area is 208 Å². The minimum atomic E-state index is -0.428. The molecule has 0 fully saturated rings. The Morgan fingerprint density at radius 3 is 2.53 bits per heavy atom. The van der Waals surface area contributed by atoms with Crippen LogP contribution in [0.4, 0.5) is 16.2 Å². The largest absolute Gasteiger partial charge is 0.497 e. The van der Waals surface area contributed by atoms with E-state index >= 15 is 0 Å². The number of rotatable bonds is 8. The molecule has 2 aromatic carbocycles. The Hall–Kier alpha value is -4.73. The van der Waals surface area contributed by atoms with Gasteiger partial charge in [-0.25, -0.2) is 24.7 Å². The number of nitrogens with one attached hydrogen (secondary N) is 2. The molecule has 0 bridgehead atoms. The molecular weight excluding hydrogens is 460 g/mol. The van der Waals surface area contributed by atoms with E-state index in [1.807, 2.05) is 19.9 Å². The normalized spacial score (nSPS) is 10.4. The number of aromatic nitrogens is 4. The molecule has 4 aromatic rings. The lowest BCUT2D eigenvalue weighted by Crippen LogP contribution is -2.20. The minimum Gasteiger partial charge on any atom is -0.497 e. The number of aryl methyl sites for hydroxylation is 2. The molecule has 0 atom stereocenters. The fraction of sp³-hybridized carbons (Fsp3) is 0.192. The molecule has 2 amide bonds. The lowest BCUT2D eigenvalue weighted by Gasteiger charge is -2.14. The molecular formula is C26H26N6O4. The first-order valence-electron chi connectivity index (χ1n) is 11.2. The number of nitrogens with zero attached hydrogens (tertiary/aromatic N) is 4. The number of amides is 2. The Kier molecular flexibility index (Phi) is 7.54. The lowest BCUT2D eigenvalue weighted by atomic mass is 10.2. The fourth-order valence-corrected chi connectivity index (χ4v) is 3.41. The van der Waals surface area contributed by atoms with Crippen LogP contribution in [-0.4, -0.2) is 40.2 Å². The van der Waals surface area contributed by atoms with E-state index in [0.717, 1.165) is 5.56 Å². The highest BCUT2D eigenvalue weighted by Crippen LogP contribution is 2.32. The zero-order valence-corrected chi connectivity index (χ0v) is 20.4. The average Bonchev–Trinajstić information content (AvgIpc) is 2.90. The predicted molar refractivity (Wildman–Crippen MR) is 136 cm³/mol. The number of methoxy groups -OCH3 is 2. The SMILES string of the molecule is CCc1ncnc(-c2cccnc2Oc2ccc(NC(=O)Nc3cc(OC)ccc3OC)cc2C)n1. The molecule has 0 aliphatic heterocycles. The highest BCUT2D eigenvalue weighted by Gasteiger charge is 2.14. The maximum Gasteiger partial charge on any atom is 0.323 e. The average molecular weight is 487 g/mol. The first-order chi connectivity index (χ1) is 17.5. The van der Waals surface area contributed by atoms with Crippen molar-refractivity contribution in [3.63, 3.8) is 0 Å². The van der Waals surface area contributed by atoms with Crippen molar-refractivity contribution in [1.82, 2.24) is 19.9 Å². The summed E-state index contributed by atoms with van der Waals surface area (Å²) in [5, 5.41) is 5.59. The zero-order chi connectivity index (χ0) is 25.5. The van der Waals surface area contributed by atoms with Gasteiger partial charge in [-0.15, -0.1) is 0 Å². The van der Waals surface area contributed by atoms with Crippen LogP contribution in [0.1, 0.15) is 18.3 Å². The van der Waals surface area contributed by atoms with Gasteiger partial charge in [0.1, 0.15) is 29.4 Å². The summed E-state index contributed by atoms with van der Waals surface area (Å²) in [6.07, 6.45) is 3.82. The van der Waals surface area contributed by atoms with E-state index in [1.54, 1.807) is 55.8 Å². The van der Waals surface area contributed by atoms with Crippen LogP contribution in [0.2, 0.25) is 0 Å². The maximum absolute atomic E-state index is 12.6. The van der Waals surface area contributed by atoms with Crippen molar-refractivity contribution in [3.05, 3.63) is 72.4 Å². The zero-order valence-electron chi connectivity index (χ0n) is 20.4. The molecule has 36 heavy (non-hydrogen) atoms. The van der Waals surface area contributed by atoms with Crippen LogP contribution < -0.4 is 24.8 Å². The van der Waals surface area contributed by atoms with Gasteiger partial charge in [0, 0.05) is 24.4 Å². The monoisotopic (exact) mass is 486 g/mol. The molecule has 0 unspecified atom stereocenters. The van der Waals surface area contributed by atoms with E-state index in [9.17, 15) is 4.79 Å². The molecule has 10 heteroatoms. The van der Waals surface area contributed by atoms with Crippen LogP contribution in [0.5, 0.6) is 23.1 Å². The molecule has 0 radical (unpaired) electrons. The standard InChI is InChI=1S/C26H26N6O4/c1-5-23-28-15-29-24(32-23)19-7-6-12-27-25(19)36-21-10-8-17(13-16(21)2)30-26(33)31-20-14-18(34-3)9-11-22(20)35-4/h6-15H,5H2,1-4H3,(H2,30,31,33). The van der Waals surface area contributed by atoms with Crippen molar-refractivity contribution >= 4 is 17.4 Å². The van der Waals surface area contributed by atoms with E-state index in [-0.39, 0.29) is 0 Å². The summed E-state index contributed by atoms with van der Waals surface area (Å²) in [6.45, 7) is 3.86. The van der Waals surface area contributed by atoms with Gasteiger partial charge in [-0.1, -0.05) is 6.92 Å². The van der Waals surface area contributed by atoms with Crippen molar-refractivity contribution in [2.75, 3.05) is 24.9 Å². The van der Waals surface area contributed by atoms with Crippen molar-refractivity contribution in [3.8, 4) is 34.5 Å². The first-order valence-corrected chi connectivity index (χ1v) is 11.2. The van der Waals surface area contributed by atoms with E-state index in [0.29, 0.717) is 58.1 Å². The fourth-order valence-electron chi connectivity index (χ4n) is 3.41. The smallest absolute Gasteiger partial charge is 0.323 e. The van der Waals surface area contributed by atoms with E-state index < -0.39 is 6.03 Å². The predicted octanol–water partition coefficient (Wildman–Crippen LogP) is 5.26. The molecule has 2 aromatic heterocycles. The highest BCUT2D eigenvalue weighted by molar-refractivity contribution is 6.01. The van der Waals surface area contributed by atoms with Crippen LogP contribution in [0.3, 0.4) is 0 Å². The lowest BCUT2D eigenvalue weighted by molar-refractivity contribution is 0.262. The molecule has 4 rings (SSSR count). The van der Waals surface area contributed by atoms with Gasteiger partial charge in [0.25, 0.3) is 0 Å². The summed E-state index contributed by atoms with van der Waals surface area (Å²) in [5.41, 5.74) is 2.53. The second kappa shape index (κ2) is 11.1. The maximum atomic E-state index is 12.6. The van der Waals surface area contributed by atoms with Crippen molar-refractivity contribution in [2.24, 2.45) is 0 Å². The minimum absolute atomic E-state index is 0.373. The van der Waals surface area contributed by atoms with Gasteiger partial charge in [-0.2, -0.15) is 0 Å². The summed E-state index contributed by atoms with van der Waals surface area (Å²) < 4.78 is 16.6. The number of pyridine rings is 1. The van der Waals surface area contributed by atoms with Gasteiger partial charge in [0.15, 0.2) is 5.82 Å². The van der Waals surface area contributed by atoms with Crippen LogP contribution in [0, 0.1) is 6.92 Å². The number of urea groups is 1. The molecule has 10 nitrogen and oxygen atoms in total. The molecule has 0 aliphatic rings. The highest BCUT2D eigenvalue weighted by atomic mass is 16.5. The second-order valence-corrected chi connectivity index (χ2v) is 7.66. The summed E-state index contributed by atoms with van der Waals surface area (Å²) in [4.78, 5) is 29.9. The number of hydrogen-bond acceptors (Lipinski definition) is 8. The van der Waals surface area contributed by atoms with Gasteiger partial charge in [-0.05, 0) is 55.0 Å². The van der Waals surface area contributed by atoms with Gasteiger partial charge < -0.3 is 24.8 Å². The topological polar surface area (TPSA) is 120 Å². The summed E-state index contributed by atoms with van der Waals surface area (Å²) >= 11 is 0. The Morgan fingerprint density at radius 2 is 1.78 bits per heavy atom. The number of carbonyl (C=O) groups is 1. The number of carbonyl (C=O) groups excluding carboxylic acids is 1. The molecule has 0 saturated heterocycles. The summed E-state index contributed by atoms with van der Waals surface area (Å²) in [7, 11) is 3.09. The number of hydrogen-bond donors (Lipinski definition) is 2. The van der Waals surface area contributed by atoms with Crippen LogP contribution in [0.25, 0.3) is 11.4 Å². The van der Waals surface area contributed by atoms with Crippen LogP contribution in [-0.2, 0) is 6.42 Å². The second-order valence-electron chi connectivity index (χ2n) is 7.66. The van der Waals surface area contributed by atoms with E-state index in [4.69, 9.17) is 14.2 Å². The van der Waals surface area contributed by atoms with Gasteiger partial charge in [0.05, 0.1) is 25.5 Å². The quantitative estimate of drug-likeness (QED) is 0.346. The Bertz CT molecular complexity index is 1380. The summed E-state index contributed by atoms with van der Waals surface area (Å²) in [5.74, 6) is 3.25. The molecule has 2 heterocycles. The number of anilines is 2. The van der Waals surface area contributed by atoms with Gasteiger partial charge in [0.2, 0.25) is 5.88 Å². The number of benzene rings is 2. The molecule has 0 spiro atoms. The first kappa shape index (κ1) is 24.4. The van der Waals surface area contributed by atoms with Gasteiger partial charge >= 0.3 is 6.03 Å². The third-order valence-corrected chi connectivity index (χ3v) is 5.24. The number of ether oxygens (including phenoxy) is 3. The van der Waals surface area contributed by atoms with Crippen LogP contribution in [0.15, 0.2) is 61.1 Å². The molecule has 0 saturated carbocycles.